The first-order valence-corrected chi connectivity index (χ1v) is 6.60. The molecule has 1 aliphatic rings. The Hall–Kier alpha value is -1.20. The van der Waals surface area contributed by atoms with Gasteiger partial charge in [0.25, 0.3) is 0 Å². The molecule has 1 amide bonds. The summed E-state index contributed by atoms with van der Waals surface area (Å²) in [7, 11) is 1.85. The van der Waals surface area contributed by atoms with Crippen LogP contribution in [-0.2, 0) is 11.2 Å². The Kier molecular flexibility index (Phi) is 3.91. The minimum atomic E-state index is -0.137. The lowest BCUT2D eigenvalue weighted by Crippen LogP contribution is -2.42. The van der Waals surface area contributed by atoms with Crippen LogP contribution in [0.5, 0.6) is 0 Å². The van der Waals surface area contributed by atoms with Crippen LogP contribution in [0.3, 0.4) is 0 Å². The number of nitrogens with zero attached hydrogens (tertiary/aromatic N) is 2. The van der Waals surface area contributed by atoms with Crippen molar-refractivity contribution < 1.29 is 4.79 Å². The zero-order valence-electron chi connectivity index (χ0n) is 10.1. The maximum Gasteiger partial charge on any atom is 0.243 e. The fourth-order valence-electron chi connectivity index (χ4n) is 1.82. The molecule has 0 saturated carbocycles. The highest BCUT2D eigenvalue weighted by Gasteiger charge is 2.21. The van der Waals surface area contributed by atoms with E-state index in [0.717, 1.165) is 25.2 Å². The first kappa shape index (κ1) is 12.3. The monoisotopic (exact) mass is 251 g/mol. The van der Waals surface area contributed by atoms with Crippen molar-refractivity contribution >= 4 is 17.2 Å². The lowest BCUT2D eigenvalue weighted by atomic mass is 10.2. The molecule has 0 bridgehead atoms. The van der Waals surface area contributed by atoms with Gasteiger partial charge in [0.05, 0.1) is 11.2 Å². The summed E-state index contributed by atoms with van der Waals surface area (Å²) in [6.45, 7) is 3.54. The molecule has 0 radical (unpaired) electrons. The molecule has 1 N–H and O–H groups in total. The number of carbonyl (C=O) groups is 1. The van der Waals surface area contributed by atoms with E-state index >= 15 is 0 Å². The molecule has 1 atom stereocenters. The van der Waals surface area contributed by atoms with Crippen molar-refractivity contribution in [1.82, 2.24) is 15.2 Å². The standard InChI is InChI=1S/C12H17N3OS/c1-9-11(17-8-14-9)5-7-15(2)12(16)10-4-3-6-13-10/h3-4,8,10,13H,5-7H2,1-2H3/t10-/m1/s1. The van der Waals surface area contributed by atoms with Gasteiger partial charge in [-0.3, -0.25) is 10.1 Å². The summed E-state index contributed by atoms with van der Waals surface area (Å²) < 4.78 is 0. The van der Waals surface area contributed by atoms with Gasteiger partial charge in [-0.25, -0.2) is 4.98 Å². The summed E-state index contributed by atoms with van der Waals surface area (Å²) in [5.74, 6) is 0.140. The highest BCUT2D eigenvalue weighted by Crippen LogP contribution is 2.13. The second-order valence-corrected chi connectivity index (χ2v) is 5.12. The number of amides is 1. The van der Waals surface area contributed by atoms with Gasteiger partial charge < -0.3 is 4.90 Å². The van der Waals surface area contributed by atoms with Crippen molar-refractivity contribution in [2.45, 2.75) is 19.4 Å². The highest BCUT2D eigenvalue weighted by atomic mass is 32.1. The molecule has 92 valence electrons. The van der Waals surface area contributed by atoms with Crippen LogP contribution in [0.4, 0.5) is 0 Å². The fourth-order valence-corrected chi connectivity index (χ4v) is 2.59. The molecule has 0 saturated heterocycles. The quantitative estimate of drug-likeness (QED) is 0.811. The molecule has 0 unspecified atom stereocenters. The molecule has 17 heavy (non-hydrogen) atoms. The zero-order valence-corrected chi connectivity index (χ0v) is 11.0. The second kappa shape index (κ2) is 5.42. The van der Waals surface area contributed by atoms with Crippen LogP contribution in [0, 0.1) is 6.92 Å². The second-order valence-electron chi connectivity index (χ2n) is 4.18. The Morgan fingerprint density at radius 2 is 2.53 bits per heavy atom. The molecule has 0 aromatic carbocycles. The van der Waals surface area contributed by atoms with E-state index in [-0.39, 0.29) is 11.9 Å². The molecule has 1 aliphatic heterocycles. The van der Waals surface area contributed by atoms with Crippen molar-refractivity contribution in [2.24, 2.45) is 0 Å². The number of carbonyl (C=O) groups excluding carboxylic acids is 1. The molecule has 0 spiro atoms. The number of hydrogen-bond acceptors (Lipinski definition) is 4. The number of thiazole rings is 1. The average Bonchev–Trinajstić information content (AvgIpc) is 2.96. The number of rotatable bonds is 4. The third kappa shape index (κ3) is 2.92. The third-order valence-electron chi connectivity index (χ3n) is 2.95. The van der Waals surface area contributed by atoms with E-state index in [2.05, 4.69) is 10.3 Å². The van der Waals surface area contributed by atoms with Crippen LogP contribution in [0.2, 0.25) is 0 Å². The van der Waals surface area contributed by atoms with E-state index in [4.69, 9.17) is 0 Å². The minimum Gasteiger partial charge on any atom is -0.344 e. The van der Waals surface area contributed by atoms with Gasteiger partial charge in [-0.05, 0) is 6.92 Å². The van der Waals surface area contributed by atoms with E-state index < -0.39 is 0 Å². The maximum absolute atomic E-state index is 12.0. The summed E-state index contributed by atoms with van der Waals surface area (Å²) >= 11 is 1.66. The van der Waals surface area contributed by atoms with Gasteiger partial charge in [0.2, 0.25) is 5.91 Å². The zero-order chi connectivity index (χ0) is 12.3. The van der Waals surface area contributed by atoms with Crippen molar-refractivity contribution in [2.75, 3.05) is 20.1 Å². The van der Waals surface area contributed by atoms with E-state index in [0.29, 0.717) is 0 Å². The van der Waals surface area contributed by atoms with Crippen molar-refractivity contribution in [3.05, 3.63) is 28.2 Å². The molecule has 2 rings (SSSR count). The lowest BCUT2D eigenvalue weighted by molar-refractivity contribution is -0.130. The summed E-state index contributed by atoms with van der Waals surface area (Å²) in [6, 6.07) is -0.137. The van der Waals surface area contributed by atoms with Crippen LogP contribution < -0.4 is 5.32 Å². The molecule has 0 aliphatic carbocycles. The van der Waals surface area contributed by atoms with Crippen LogP contribution in [0.15, 0.2) is 17.7 Å². The van der Waals surface area contributed by atoms with Gasteiger partial charge in [0.15, 0.2) is 0 Å². The summed E-state index contributed by atoms with van der Waals surface area (Å²) in [5.41, 5.74) is 2.93. The number of aromatic nitrogens is 1. The van der Waals surface area contributed by atoms with E-state index in [1.807, 2.05) is 31.6 Å². The first-order chi connectivity index (χ1) is 8.18. The largest absolute Gasteiger partial charge is 0.344 e. The number of aryl methyl sites for hydroxylation is 1. The molecule has 1 aromatic rings. The Morgan fingerprint density at radius 3 is 3.12 bits per heavy atom. The van der Waals surface area contributed by atoms with Gasteiger partial charge >= 0.3 is 0 Å². The fraction of sp³-hybridized carbons (Fsp3) is 0.500. The SMILES string of the molecule is Cc1ncsc1CCN(C)C(=O)[C@H]1C=CCN1. The molecule has 0 fully saturated rings. The normalized spacial score (nSPS) is 18.6. The van der Waals surface area contributed by atoms with Crippen LogP contribution in [0.1, 0.15) is 10.6 Å². The van der Waals surface area contributed by atoms with E-state index in [1.165, 1.54) is 4.88 Å². The van der Waals surface area contributed by atoms with E-state index in [9.17, 15) is 4.79 Å². The minimum absolute atomic E-state index is 0.137. The molecule has 4 nitrogen and oxygen atoms in total. The third-order valence-corrected chi connectivity index (χ3v) is 3.94. The molecular formula is C12H17N3OS. The number of nitrogens with one attached hydrogen (secondary N) is 1. The van der Waals surface area contributed by atoms with Gasteiger partial charge in [0.1, 0.15) is 6.04 Å². The first-order valence-electron chi connectivity index (χ1n) is 5.72. The summed E-state index contributed by atoms with van der Waals surface area (Å²) in [4.78, 5) is 19.2. The Labute approximate surface area is 105 Å². The topological polar surface area (TPSA) is 45.2 Å². The van der Waals surface area contributed by atoms with Gasteiger partial charge in [-0.15, -0.1) is 11.3 Å². The Bertz CT molecular complexity index is 427. The lowest BCUT2D eigenvalue weighted by Gasteiger charge is -2.20. The maximum atomic E-state index is 12.0. The number of likely N-dealkylation sites (N-methyl/N-ethyl adjacent to an activating group) is 1. The number of hydrogen-bond donors (Lipinski definition) is 1. The van der Waals surface area contributed by atoms with Crippen molar-refractivity contribution in [3.8, 4) is 0 Å². The summed E-state index contributed by atoms with van der Waals surface area (Å²) in [5, 5.41) is 3.13. The van der Waals surface area contributed by atoms with Gasteiger partial charge in [-0.2, -0.15) is 0 Å². The molecule has 1 aromatic heterocycles. The molecule has 5 heteroatoms. The smallest absolute Gasteiger partial charge is 0.243 e. The van der Waals surface area contributed by atoms with Crippen LogP contribution >= 0.6 is 11.3 Å². The Balaban J connectivity index is 1.84. The molecule has 2 heterocycles. The van der Waals surface area contributed by atoms with Gasteiger partial charge in [0, 0.05) is 31.4 Å². The average molecular weight is 251 g/mol. The molecular weight excluding hydrogens is 234 g/mol. The highest BCUT2D eigenvalue weighted by molar-refractivity contribution is 7.09. The Morgan fingerprint density at radius 1 is 1.71 bits per heavy atom. The van der Waals surface area contributed by atoms with Crippen molar-refractivity contribution in [1.29, 1.82) is 0 Å². The summed E-state index contributed by atoms with van der Waals surface area (Å²) in [6.07, 6.45) is 4.80. The predicted octanol–water partition coefficient (Wildman–Crippen LogP) is 0.980. The van der Waals surface area contributed by atoms with Gasteiger partial charge in [-0.1, -0.05) is 12.2 Å². The van der Waals surface area contributed by atoms with Crippen LogP contribution in [-0.4, -0.2) is 42.0 Å². The predicted molar refractivity (Wildman–Crippen MR) is 69.1 cm³/mol. The van der Waals surface area contributed by atoms with E-state index in [1.54, 1.807) is 16.2 Å². The van der Waals surface area contributed by atoms with Crippen molar-refractivity contribution in [3.63, 3.8) is 0 Å². The van der Waals surface area contributed by atoms with Crippen LogP contribution in [0.25, 0.3) is 0 Å².